The summed E-state index contributed by atoms with van der Waals surface area (Å²) < 4.78 is 21.0. The van der Waals surface area contributed by atoms with E-state index in [1.807, 2.05) is 25.1 Å². The molecule has 1 fully saturated rings. The first-order valence-corrected chi connectivity index (χ1v) is 11.9. The van der Waals surface area contributed by atoms with Crippen molar-refractivity contribution in [2.24, 2.45) is 0 Å². The Hall–Kier alpha value is -2.87. The second-order valence-electron chi connectivity index (χ2n) is 8.69. The molecule has 8 heteroatoms. The number of amides is 1. The molecule has 0 aliphatic carbocycles. The van der Waals surface area contributed by atoms with Crippen LogP contribution in [0, 0.1) is 12.7 Å². The first-order valence-electron chi connectivity index (χ1n) is 11.1. The lowest BCUT2D eigenvalue weighted by Crippen LogP contribution is -2.44. The number of carbonyl (C=O) groups excluding carboxylic acids is 1. The summed E-state index contributed by atoms with van der Waals surface area (Å²) in [6, 6.07) is 7.06. The summed E-state index contributed by atoms with van der Waals surface area (Å²) in [5.41, 5.74) is 9.01. The zero-order chi connectivity index (χ0) is 22.4. The number of hydrogen-bond donors (Lipinski definition) is 1. The molecule has 6 nitrogen and oxygen atoms in total. The number of hydrogen-bond acceptors (Lipinski definition) is 6. The zero-order valence-electron chi connectivity index (χ0n) is 18.4. The molecule has 2 aromatic heterocycles. The fourth-order valence-corrected chi connectivity index (χ4v) is 5.69. The van der Waals surface area contributed by atoms with Crippen molar-refractivity contribution < 1.29 is 13.9 Å². The number of anilines is 2. The van der Waals surface area contributed by atoms with Crippen LogP contribution in [0.3, 0.4) is 0 Å². The van der Waals surface area contributed by atoms with Gasteiger partial charge in [-0.15, -0.1) is 11.3 Å². The third-order valence-electron chi connectivity index (χ3n) is 6.53. The van der Waals surface area contributed by atoms with E-state index in [0.29, 0.717) is 34.9 Å². The predicted molar refractivity (Wildman–Crippen MR) is 126 cm³/mol. The van der Waals surface area contributed by atoms with Crippen LogP contribution in [0.2, 0.25) is 0 Å². The number of nitrogens with zero attached hydrogens (tertiary/aromatic N) is 3. The molecule has 0 saturated carbocycles. The topological polar surface area (TPSA) is 71.7 Å². The number of nitrogens with two attached hydrogens (primary N) is 1. The summed E-state index contributed by atoms with van der Waals surface area (Å²) in [6.45, 7) is 4.12. The monoisotopic (exact) mass is 454 g/mol. The SMILES string of the molecule is Cc1ccc2c(N)c(C(=O)N(C)[C@@H]3COc4cc(N5CCCCC5)cc(F)c4C3)sc2n1. The number of halogens is 1. The van der Waals surface area contributed by atoms with Gasteiger partial charge >= 0.3 is 0 Å². The average Bonchev–Trinajstić information content (AvgIpc) is 3.13. The lowest BCUT2D eigenvalue weighted by molar-refractivity contribution is 0.0658. The van der Waals surface area contributed by atoms with Crippen molar-refractivity contribution in [2.75, 3.05) is 37.4 Å². The van der Waals surface area contributed by atoms with Crippen LogP contribution >= 0.6 is 11.3 Å². The van der Waals surface area contributed by atoms with Crippen molar-refractivity contribution in [2.45, 2.75) is 38.6 Å². The maximum absolute atomic E-state index is 15.1. The molecule has 3 aromatic rings. The molecule has 1 saturated heterocycles. The van der Waals surface area contributed by atoms with Crippen molar-refractivity contribution in [3.8, 4) is 5.75 Å². The van der Waals surface area contributed by atoms with Crippen LogP contribution in [-0.2, 0) is 6.42 Å². The smallest absolute Gasteiger partial charge is 0.266 e. The Morgan fingerprint density at radius 3 is 2.84 bits per heavy atom. The Labute approximate surface area is 190 Å². The molecule has 5 rings (SSSR count). The van der Waals surface area contributed by atoms with Gasteiger partial charge in [-0.2, -0.15) is 0 Å². The Morgan fingerprint density at radius 1 is 1.28 bits per heavy atom. The molecular formula is C24H27FN4O2S. The molecule has 2 aliphatic rings. The molecule has 0 bridgehead atoms. The first kappa shape index (κ1) is 21.0. The lowest BCUT2D eigenvalue weighted by atomic mass is 9.99. The Morgan fingerprint density at radius 2 is 2.06 bits per heavy atom. The normalized spacial score (nSPS) is 18.3. The summed E-state index contributed by atoms with van der Waals surface area (Å²) in [6.07, 6.45) is 3.89. The minimum Gasteiger partial charge on any atom is -0.491 e. The summed E-state index contributed by atoms with van der Waals surface area (Å²) in [4.78, 5) is 22.8. The average molecular weight is 455 g/mol. The molecule has 2 N–H and O–H groups in total. The number of fused-ring (bicyclic) bond motifs is 2. The molecule has 32 heavy (non-hydrogen) atoms. The summed E-state index contributed by atoms with van der Waals surface area (Å²) >= 11 is 1.30. The highest BCUT2D eigenvalue weighted by molar-refractivity contribution is 7.21. The van der Waals surface area contributed by atoms with Crippen molar-refractivity contribution in [3.05, 3.63) is 46.2 Å². The molecule has 1 amide bonds. The number of ether oxygens (including phenoxy) is 1. The second kappa shape index (κ2) is 8.24. The minimum atomic E-state index is -0.273. The summed E-state index contributed by atoms with van der Waals surface area (Å²) in [7, 11) is 1.73. The number of aromatic nitrogens is 1. The molecule has 0 unspecified atom stereocenters. The van der Waals surface area contributed by atoms with Crippen LogP contribution in [0.25, 0.3) is 10.2 Å². The molecule has 1 aromatic carbocycles. The fourth-order valence-electron chi connectivity index (χ4n) is 4.56. The van der Waals surface area contributed by atoms with Gasteiger partial charge in [-0.05, 0) is 44.4 Å². The molecule has 0 radical (unpaired) electrons. The standard InChI is InChI=1S/C24H27FN4O2S/c1-14-6-7-17-21(26)22(32-23(17)27-14)24(30)28(2)16-10-18-19(25)11-15(12-20(18)31-13-16)29-8-4-3-5-9-29/h6-7,11-12,16H,3-5,8-10,13,26H2,1-2H3/t16-/m0/s1. The van der Waals surface area contributed by atoms with Crippen molar-refractivity contribution in [1.82, 2.24) is 9.88 Å². The van der Waals surface area contributed by atoms with Crippen LogP contribution in [0.4, 0.5) is 15.8 Å². The number of pyridine rings is 1. The Bertz CT molecular complexity index is 1190. The van der Waals surface area contributed by atoms with Gasteiger partial charge < -0.3 is 20.3 Å². The quantitative estimate of drug-likeness (QED) is 0.635. The van der Waals surface area contributed by atoms with Gasteiger partial charge in [0.2, 0.25) is 0 Å². The Kier molecular flexibility index (Phi) is 5.41. The van der Waals surface area contributed by atoms with Crippen LogP contribution in [0.5, 0.6) is 5.75 Å². The largest absolute Gasteiger partial charge is 0.491 e. The van der Waals surface area contributed by atoms with Gasteiger partial charge in [-0.3, -0.25) is 4.79 Å². The number of carbonyl (C=O) groups is 1. The van der Waals surface area contributed by atoms with E-state index in [4.69, 9.17) is 10.5 Å². The van der Waals surface area contributed by atoms with E-state index >= 15 is 4.39 Å². The molecule has 2 aliphatic heterocycles. The fraction of sp³-hybridized carbons (Fsp3) is 0.417. The van der Waals surface area contributed by atoms with Crippen LogP contribution < -0.4 is 15.4 Å². The van der Waals surface area contributed by atoms with Gasteiger partial charge in [0.15, 0.2) is 0 Å². The minimum absolute atomic E-state index is 0.189. The second-order valence-corrected chi connectivity index (χ2v) is 9.69. The molecular weight excluding hydrogens is 427 g/mol. The van der Waals surface area contributed by atoms with E-state index in [0.717, 1.165) is 47.5 Å². The van der Waals surface area contributed by atoms with Gasteiger partial charge in [0.25, 0.3) is 5.91 Å². The molecule has 168 valence electrons. The van der Waals surface area contributed by atoms with Gasteiger partial charge in [0.1, 0.15) is 27.9 Å². The number of thiophene rings is 1. The van der Waals surface area contributed by atoms with Gasteiger partial charge in [-0.25, -0.2) is 9.37 Å². The number of aryl methyl sites for hydroxylation is 1. The lowest BCUT2D eigenvalue weighted by Gasteiger charge is -2.34. The number of likely N-dealkylation sites (N-methyl/N-ethyl adjacent to an activating group) is 1. The van der Waals surface area contributed by atoms with E-state index in [-0.39, 0.29) is 17.8 Å². The number of benzene rings is 1. The maximum atomic E-state index is 15.1. The van der Waals surface area contributed by atoms with E-state index in [9.17, 15) is 4.79 Å². The molecule has 1 atom stereocenters. The van der Waals surface area contributed by atoms with E-state index in [1.165, 1.54) is 17.8 Å². The van der Waals surface area contributed by atoms with E-state index < -0.39 is 0 Å². The van der Waals surface area contributed by atoms with Crippen molar-refractivity contribution in [3.63, 3.8) is 0 Å². The van der Waals surface area contributed by atoms with Crippen LogP contribution in [0.15, 0.2) is 24.3 Å². The van der Waals surface area contributed by atoms with Gasteiger partial charge in [0, 0.05) is 55.0 Å². The third-order valence-corrected chi connectivity index (χ3v) is 7.63. The maximum Gasteiger partial charge on any atom is 0.266 e. The predicted octanol–water partition coefficient (Wildman–Crippen LogP) is 4.39. The third kappa shape index (κ3) is 3.66. The van der Waals surface area contributed by atoms with Gasteiger partial charge in [0.05, 0.1) is 11.7 Å². The number of rotatable bonds is 3. The molecule has 0 spiro atoms. The molecule has 4 heterocycles. The number of piperidine rings is 1. The summed E-state index contributed by atoms with van der Waals surface area (Å²) in [5.74, 6) is 0.129. The van der Waals surface area contributed by atoms with E-state index in [1.54, 1.807) is 18.0 Å². The highest BCUT2D eigenvalue weighted by Gasteiger charge is 2.31. The van der Waals surface area contributed by atoms with Crippen molar-refractivity contribution in [1.29, 1.82) is 0 Å². The van der Waals surface area contributed by atoms with Crippen LogP contribution in [-0.4, -0.2) is 48.6 Å². The Balaban J connectivity index is 1.37. The van der Waals surface area contributed by atoms with Gasteiger partial charge in [-0.1, -0.05) is 0 Å². The highest BCUT2D eigenvalue weighted by atomic mass is 32.1. The number of nitrogen functional groups attached to an aromatic ring is 1. The first-order chi connectivity index (χ1) is 15.4. The van der Waals surface area contributed by atoms with Crippen LogP contribution in [0.1, 0.15) is 40.2 Å². The summed E-state index contributed by atoms with van der Waals surface area (Å²) in [5, 5.41) is 0.791. The highest BCUT2D eigenvalue weighted by Crippen LogP contribution is 2.36. The van der Waals surface area contributed by atoms with E-state index in [2.05, 4.69) is 9.88 Å². The zero-order valence-corrected chi connectivity index (χ0v) is 19.2. The van der Waals surface area contributed by atoms with Crippen molar-refractivity contribution >= 4 is 38.8 Å².